The minimum Gasteiger partial charge on any atom is -0.370 e. The van der Waals surface area contributed by atoms with Gasteiger partial charge in [0.1, 0.15) is 0 Å². The Balaban J connectivity index is 2.61. The minimum atomic E-state index is -0.217. The molecule has 0 aliphatic carbocycles. The van der Waals surface area contributed by atoms with Crippen LogP contribution in [0.4, 0.5) is 5.69 Å². The van der Waals surface area contributed by atoms with Gasteiger partial charge in [-0.1, -0.05) is 12.1 Å². The standard InChI is InChI=1S/C11H12N6O/c12-10(13)17-11(14)16-8-3-1-2-6-5-15-9(18)4-7(6)8/h1-5H,(H,15,18)(H6,12,13,14,16,17). The predicted molar refractivity (Wildman–Crippen MR) is 71.7 cm³/mol. The number of benzene rings is 1. The molecule has 0 aliphatic rings. The monoisotopic (exact) mass is 244 g/mol. The van der Waals surface area contributed by atoms with Crippen LogP contribution >= 0.6 is 0 Å². The molecule has 7 heteroatoms. The Morgan fingerprint density at radius 3 is 2.72 bits per heavy atom. The van der Waals surface area contributed by atoms with Crippen LogP contribution in [0.15, 0.2) is 45.2 Å². The van der Waals surface area contributed by atoms with Gasteiger partial charge in [0.05, 0.1) is 5.69 Å². The molecule has 0 aliphatic heterocycles. The molecule has 0 saturated carbocycles. The van der Waals surface area contributed by atoms with Crippen molar-refractivity contribution in [2.75, 3.05) is 0 Å². The van der Waals surface area contributed by atoms with Crippen molar-refractivity contribution in [1.29, 1.82) is 0 Å². The Morgan fingerprint density at radius 2 is 2.00 bits per heavy atom. The van der Waals surface area contributed by atoms with Gasteiger partial charge in [0.25, 0.3) is 0 Å². The molecule has 0 spiro atoms. The van der Waals surface area contributed by atoms with Crippen LogP contribution in [0.3, 0.4) is 0 Å². The molecule has 2 rings (SSSR count). The lowest BCUT2D eigenvalue weighted by Crippen LogP contribution is -2.26. The highest BCUT2D eigenvalue weighted by Gasteiger charge is 2.01. The molecular weight excluding hydrogens is 232 g/mol. The summed E-state index contributed by atoms with van der Waals surface area (Å²) >= 11 is 0. The first kappa shape index (κ1) is 11.6. The lowest BCUT2D eigenvalue weighted by molar-refractivity contribution is 1.27. The van der Waals surface area contributed by atoms with E-state index in [0.29, 0.717) is 11.1 Å². The van der Waals surface area contributed by atoms with Gasteiger partial charge in [0.2, 0.25) is 11.5 Å². The van der Waals surface area contributed by atoms with Crippen LogP contribution in [0.25, 0.3) is 10.8 Å². The van der Waals surface area contributed by atoms with Crippen LogP contribution in [-0.4, -0.2) is 16.9 Å². The van der Waals surface area contributed by atoms with Gasteiger partial charge in [-0.25, -0.2) is 4.99 Å². The lowest BCUT2D eigenvalue weighted by Gasteiger charge is -2.01. The fourth-order valence-corrected chi connectivity index (χ4v) is 1.55. The van der Waals surface area contributed by atoms with Crippen molar-refractivity contribution in [3.63, 3.8) is 0 Å². The van der Waals surface area contributed by atoms with E-state index < -0.39 is 0 Å². The average molecular weight is 244 g/mol. The van der Waals surface area contributed by atoms with E-state index >= 15 is 0 Å². The van der Waals surface area contributed by atoms with E-state index in [1.54, 1.807) is 18.3 Å². The highest BCUT2D eigenvalue weighted by molar-refractivity contribution is 5.98. The number of nitrogens with two attached hydrogens (primary N) is 3. The molecule has 7 N–H and O–H groups in total. The Labute approximate surface area is 102 Å². The highest BCUT2D eigenvalue weighted by Crippen LogP contribution is 2.23. The third-order valence-electron chi connectivity index (χ3n) is 2.24. The lowest BCUT2D eigenvalue weighted by atomic mass is 10.1. The number of nitrogens with zero attached hydrogens (tertiary/aromatic N) is 2. The third-order valence-corrected chi connectivity index (χ3v) is 2.24. The van der Waals surface area contributed by atoms with Gasteiger partial charge in [-0.05, 0) is 6.07 Å². The van der Waals surface area contributed by atoms with Gasteiger partial charge in [0, 0.05) is 23.0 Å². The fraction of sp³-hybridized carbons (Fsp3) is 0. The SMILES string of the molecule is NC(N)=NC(N)=Nc1cccc2c[nH]c(=O)cc12. The molecule has 0 amide bonds. The molecule has 1 aromatic heterocycles. The molecule has 0 fully saturated rings. The fourth-order valence-electron chi connectivity index (χ4n) is 1.55. The second-order valence-electron chi connectivity index (χ2n) is 3.58. The second-order valence-corrected chi connectivity index (χ2v) is 3.58. The average Bonchev–Trinajstić information content (AvgIpc) is 2.28. The number of hydrogen-bond donors (Lipinski definition) is 4. The number of pyridine rings is 1. The maximum Gasteiger partial charge on any atom is 0.248 e. The number of nitrogens with one attached hydrogen (secondary N) is 1. The number of aromatic amines is 1. The number of fused-ring (bicyclic) bond motifs is 1. The van der Waals surface area contributed by atoms with Crippen molar-refractivity contribution in [2.45, 2.75) is 0 Å². The van der Waals surface area contributed by atoms with E-state index in [1.165, 1.54) is 6.07 Å². The van der Waals surface area contributed by atoms with Gasteiger partial charge in [-0.15, -0.1) is 0 Å². The van der Waals surface area contributed by atoms with Crippen molar-refractivity contribution in [2.24, 2.45) is 27.2 Å². The third kappa shape index (κ3) is 2.46. The van der Waals surface area contributed by atoms with E-state index in [0.717, 1.165) is 5.39 Å². The maximum atomic E-state index is 11.3. The first-order valence-corrected chi connectivity index (χ1v) is 5.11. The summed E-state index contributed by atoms with van der Waals surface area (Å²) in [5.41, 5.74) is 16.3. The zero-order valence-electron chi connectivity index (χ0n) is 9.42. The highest BCUT2D eigenvalue weighted by atomic mass is 16.1. The number of aliphatic imine (C=N–C) groups is 2. The molecule has 1 aromatic carbocycles. The first-order chi connectivity index (χ1) is 8.56. The van der Waals surface area contributed by atoms with Crippen LogP contribution in [0.1, 0.15) is 0 Å². The summed E-state index contributed by atoms with van der Waals surface area (Å²) < 4.78 is 0. The summed E-state index contributed by atoms with van der Waals surface area (Å²) in [6, 6.07) is 6.80. The summed E-state index contributed by atoms with van der Waals surface area (Å²) in [6.45, 7) is 0. The van der Waals surface area contributed by atoms with Crippen LogP contribution < -0.4 is 22.8 Å². The largest absolute Gasteiger partial charge is 0.370 e. The van der Waals surface area contributed by atoms with E-state index in [1.807, 2.05) is 6.07 Å². The van der Waals surface area contributed by atoms with Crippen molar-refractivity contribution in [3.8, 4) is 0 Å². The molecule has 0 atom stereocenters. The molecule has 1 heterocycles. The Bertz CT molecular complexity index is 696. The molecule has 2 aromatic rings. The van der Waals surface area contributed by atoms with Crippen molar-refractivity contribution < 1.29 is 0 Å². The molecule has 7 nitrogen and oxygen atoms in total. The maximum absolute atomic E-state index is 11.3. The van der Waals surface area contributed by atoms with Gasteiger partial charge < -0.3 is 22.2 Å². The second kappa shape index (κ2) is 4.58. The van der Waals surface area contributed by atoms with Gasteiger partial charge in [-0.2, -0.15) is 4.99 Å². The van der Waals surface area contributed by atoms with Crippen LogP contribution in [0, 0.1) is 0 Å². The zero-order chi connectivity index (χ0) is 13.1. The summed E-state index contributed by atoms with van der Waals surface area (Å²) in [7, 11) is 0. The molecule has 0 saturated heterocycles. The van der Waals surface area contributed by atoms with Crippen molar-refractivity contribution in [1.82, 2.24) is 4.98 Å². The van der Waals surface area contributed by atoms with Gasteiger partial charge in [-0.3, -0.25) is 4.79 Å². The summed E-state index contributed by atoms with van der Waals surface area (Å²) in [4.78, 5) is 21.6. The summed E-state index contributed by atoms with van der Waals surface area (Å²) in [5, 5.41) is 1.52. The Kier molecular flexibility index (Phi) is 2.96. The molecule has 18 heavy (non-hydrogen) atoms. The Morgan fingerprint density at radius 1 is 1.22 bits per heavy atom. The van der Waals surface area contributed by atoms with Gasteiger partial charge in [0.15, 0.2) is 5.96 Å². The predicted octanol–water partition coefficient (Wildman–Crippen LogP) is -0.252. The Hall–Kier alpha value is -2.83. The van der Waals surface area contributed by atoms with E-state index in [-0.39, 0.29) is 17.5 Å². The molecule has 0 bridgehead atoms. The van der Waals surface area contributed by atoms with Crippen LogP contribution in [-0.2, 0) is 0 Å². The topological polar surface area (TPSA) is 136 Å². The minimum absolute atomic E-state index is 0.0669. The number of aromatic nitrogens is 1. The van der Waals surface area contributed by atoms with E-state index in [2.05, 4.69) is 15.0 Å². The molecule has 0 unspecified atom stereocenters. The number of rotatable bonds is 1. The van der Waals surface area contributed by atoms with E-state index in [4.69, 9.17) is 17.2 Å². The molecular formula is C11H12N6O. The number of hydrogen-bond acceptors (Lipinski definition) is 2. The normalized spacial score (nSPS) is 11.4. The quantitative estimate of drug-likeness (QED) is 0.406. The number of guanidine groups is 2. The van der Waals surface area contributed by atoms with Crippen LogP contribution in [0.5, 0.6) is 0 Å². The zero-order valence-corrected chi connectivity index (χ0v) is 9.42. The van der Waals surface area contributed by atoms with Gasteiger partial charge >= 0.3 is 0 Å². The van der Waals surface area contributed by atoms with Crippen molar-refractivity contribution in [3.05, 3.63) is 40.8 Å². The van der Waals surface area contributed by atoms with Crippen LogP contribution in [0.2, 0.25) is 0 Å². The van der Waals surface area contributed by atoms with E-state index in [9.17, 15) is 4.79 Å². The molecule has 92 valence electrons. The summed E-state index contributed by atoms with van der Waals surface area (Å²) in [6.07, 6.45) is 1.60. The first-order valence-electron chi connectivity index (χ1n) is 5.11. The van der Waals surface area contributed by atoms with Crippen molar-refractivity contribution >= 4 is 28.4 Å². The smallest absolute Gasteiger partial charge is 0.248 e. The number of H-pyrrole nitrogens is 1. The summed E-state index contributed by atoms with van der Waals surface area (Å²) in [5.74, 6) is -0.239. The molecule has 0 radical (unpaired) electrons.